The van der Waals surface area contributed by atoms with Crippen molar-refractivity contribution in [1.29, 1.82) is 0 Å². The van der Waals surface area contributed by atoms with Gasteiger partial charge in [-0.25, -0.2) is 0 Å². The van der Waals surface area contributed by atoms with E-state index in [4.69, 9.17) is 32.4 Å². The molecule has 1 atom stereocenters. The first-order chi connectivity index (χ1) is 11.9. The number of halogens is 2. The van der Waals surface area contributed by atoms with E-state index in [1.807, 2.05) is 7.11 Å². The molecule has 0 saturated heterocycles. The summed E-state index contributed by atoms with van der Waals surface area (Å²) < 4.78 is 12.5. The van der Waals surface area contributed by atoms with Crippen LogP contribution in [0, 0.1) is 0 Å². The first kappa shape index (κ1) is 21.2. The Hall–Kier alpha value is -0.133. The summed E-state index contributed by atoms with van der Waals surface area (Å²) in [6.45, 7) is 6.74. The number of rotatable bonds is 11. The lowest BCUT2D eigenvalue weighted by atomic mass is 10.0. The number of hydrogen-bond donors (Lipinski definition) is 0. The molecule has 0 spiro atoms. The fourth-order valence-corrected chi connectivity index (χ4v) is 7.05. The average molecular weight is 404 g/mol. The molecule has 6 heteroatoms. The van der Waals surface area contributed by atoms with Crippen molar-refractivity contribution in [3.8, 4) is 0 Å². The zero-order chi connectivity index (χ0) is 18.5. The molecule has 1 heterocycles. The van der Waals surface area contributed by atoms with Gasteiger partial charge in [-0.05, 0) is 50.2 Å². The summed E-state index contributed by atoms with van der Waals surface area (Å²) in [6, 6.07) is 3.33. The van der Waals surface area contributed by atoms with Crippen molar-refractivity contribution in [2.45, 2.75) is 82.7 Å². The molecule has 1 aliphatic carbocycles. The van der Waals surface area contributed by atoms with Crippen molar-refractivity contribution in [2.24, 2.45) is 0 Å². The average Bonchev–Trinajstić information content (AvgIpc) is 3.39. The number of pyridine rings is 1. The Bertz CT molecular complexity index is 534. The molecule has 1 fully saturated rings. The lowest BCUT2D eigenvalue weighted by Crippen LogP contribution is -2.37. The van der Waals surface area contributed by atoms with Crippen molar-refractivity contribution in [2.75, 3.05) is 7.11 Å². The second-order valence-corrected chi connectivity index (χ2v) is 12.7. The van der Waals surface area contributed by atoms with Crippen LogP contribution in [-0.4, -0.2) is 26.0 Å². The molecule has 2 rings (SSSR count). The van der Waals surface area contributed by atoms with Crippen LogP contribution in [0.15, 0.2) is 12.4 Å². The standard InChI is InChI=1S/C19H31Cl2NO2Si/c1-5-25(6-2,7-3)24-17(9-8-10-19(23-4)11-12-19)18-15(20)13-22-14-16(18)21/h13-14,17H,5-12H2,1-4H3. The Labute approximate surface area is 163 Å². The molecule has 1 aromatic rings. The number of hydrogen-bond acceptors (Lipinski definition) is 3. The Balaban J connectivity index is 2.18. The lowest BCUT2D eigenvalue weighted by Gasteiger charge is -2.34. The van der Waals surface area contributed by atoms with Gasteiger partial charge < -0.3 is 9.16 Å². The Morgan fingerprint density at radius 1 is 1.12 bits per heavy atom. The Kier molecular flexibility index (Phi) is 7.78. The van der Waals surface area contributed by atoms with Crippen LogP contribution < -0.4 is 0 Å². The molecular weight excluding hydrogens is 373 g/mol. The highest BCUT2D eigenvalue weighted by atomic mass is 35.5. The molecule has 25 heavy (non-hydrogen) atoms. The second-order valence-electron chi connectivity index (χ2n) is 7.15. The fraction of sp³-hybridized carbons (Fsp3) is 0.737. The van der Waals surface area contributed by atoms with E-state index in [9.17, 15) is 0 Å². The molecular formula is C19H31Cl2NO2Si. The summed E-state index contributed by atoms with van der Waals surface area (Å²) in [7, 11) is 0.0536. The van der Waals surface area contributed by atoms with Gasteiger partial charge in [-0.15, -0.1) is 0 Å². The molecule has 3 nitrogen and oxygen atoms in total. The molecule has 1 aliphatic rings. The maximum atomic E-state index is 6.80. The van der Waals surface area contributed by atoms with Crippen LogP contribution in [0.3, 0.4) is 0 Å². The highest BCUT2D eigenvalue weighted by Crippen LogP contribution is 2.45. The number of methoxy groups -OCH3 is 1. The number of ether oxygens (including phenoxy) is 1. The summed E-state index contributed by atoms with van der Waals surface area (Å²) in [5.74, 6) is 0. The number of nitrogens with zero attached hydrogens (tertiary/aromatic N) is 1. The topological polar surface area (TPSA) is 31.4 Å². The Morgan fingerprint density at radius 3 is 2.12 bits per heavy atom. The lowest BCUT2D eigenvalue weighted by molar-refractivity contribution is 0.0660. The maximum Gasteiger partial charge on any atom is 0.192 e. The van der Waals surface area contributed by atoms with E-state index >= 15 is 0 Å². The van der Waals surface area contributed by atoms with Gasteiger partial charge in [0.25, 0.3) is 0 Å². The monoisotopic (exact) mass is 403 g/mol. The van der Waals surface area contributed by atoms with Crippen LogP contribution in [0.1, 0.15) is 64.5 Å². The first-order valence-corrected chi connectivity index (χ1v) is 12.7. The molecule has 0 N–H and O–H groups in total. The van der Waals surface area contributed by atoms with E-state index < -0.39 is 8.32 Å². The number of aromatic nitrogens is 1. The summed E-state index contributed by atoms with van der Waals surface area (Å²) in [4.78, 5) is 4.10. The van der Waals surface area contributed by atoms with Crippen LogP contribution >= 0.6 is 23.2 Å². The van der Waals surface area contributed by atoms with Crippen molar-refractivity contribution >= 4 is 31.5 Å². The summed E-state index contributed by atoms with van der Waals surface area (Å²) in [5.41, 5.74) is 1.03. The molecule has 0 amide bonds. The molecule has 0 aromatic carbocycles. The Morgan fingerprint density at radius 2 is 1.68 bits per heavy atom. The fourth-order valence-electron chi connectivity index (χ4n) is 3.60. The van der Waals surface area contributed by atoms with Crippen molar-refractivity contribution in [3.05, 3.63) is 28.0 Å². The van der Waals surface area contributed by atoms with Crippen LogP contribution in [0.25, 0.3) is 0 Å². The molecule has 0 radical (unpaired) electrons. The van der Waals surface area contributed by atoms with Gasteiger partial charge in [0.2, 0.25) is 0 Å². The zero-order valence-electron chi connectivity index (χ0n) is 15.9. The summed E-state index contributed by atoms with van der Waals surface area (Å²) in [6.07, 6.45) is 8.67. The van der Waals surface area contributed by atoms with E-state index in [2.05, 4.69) is 25.8 Å². The largest absolute Gasteiger partial charge is 0.410 e. The minimum atomic E-state index is -1.77. The SMILES string of the molecule is CC[Si](CC)(CC)OC(CCCC1(OC)CC1)c1c(Cl)cncc1Cl. The molecule has 0 aliphatic heterocycles. The van der Waals surface area contributed by atoms with E-state index in [-0.39, 0.29) is 11.7 Å². The molecule has 1 saturated carbocycles. The molecule has 142 valence electrons. The predicted molar refractivity (Wildman–Crippen MR) is 108 cm³/mol. The van der Waals surface area contributed by atoms with Crippen molar-refractivity contribution in [1.82, 2.24) is 4.98 Å². The molecule has 1 unspecified atom stereocenters. The first-order valence-electron chi connectivity index (χ1n) is 9.46. The van der Waals surface area contributed by atoms with Gasteiger partial charge in [-0.2, -0.15) is 0 Å². The van der Waals surface area contributed by atoms with Gasteiger partial charge in [-0.1, -0.05) is 44.0 Å². The third-order valence-corrected chi connectivity index (χ3v) is 11.1. The zero-order valence-corrected chi connectivity index (χ0v) is 18.4. The van der Waals surface area contributed by atoms with Gasteiger partial charge in [0.15, 0.2) is 8.32 Å². The van der Waals surface area contributed by atoms with E-state index in [1.165, 1.54) is 12.8 Å². The normalized spacial score (nSPS) is 17.5. The van der Waals surface area contributed by atoms with Crippen LogP contribution in [-0.2, 0) is 9.16 Å². The molecule has 0 bridgehead atoms. The van der Waals surface area contributed by atoms with E-state index in [0.29, 0.717) is 10.0 Å². The third-order valence-electron chi connectivity index (χ3n) is 5.88. The predicted octanol–water partition coefficient (Wildman–Crippen LogP) is 6.80. The second kappa shape index (κ2) is 9.18. The van der Waals surface area contributed by atoms with Gasteiger partial charge >= 0.3 is 0 Å². The maximum absolute atomic E-state index is 6.80. The van der Waals surface area contributed by atoms with Crippen LogP contribution in [0.2, 0.25) is 28.2 Å². The quantitative estimate of drug-likeness (QED) is 0.380. The minimum Gasteiger partial charge on any atom is -0.410 e. The van der Waals surface area contributed by atoms with Crippen molar-refractivity contribution < 1.29 is 9.16 Å². The summed E-state index contributed by atoms with van der Waals surface area (Å²) >= 11 is 12.9. The smallest absolute Gasteiger partial charge is 0.192 e. The third kappa shape index (κ3) is 5.20. The van der Waals surface area contributed by atoms with Gasteiger partial charge in [0.1, 0.15) is 0 Å². The minimum absolute atomic E-state index is 0.0535. The summed E-state index contributed by atoms with van der Waals surface area (Å²) in [5, 5.41) is 1.22. The molecule has 1 aromatic heterocycles. The van der Waals surface area contributed by atoms with E-state index in [1.54, 1.807) is 12.4 Å². The van der Waals surface area contributed by atoms with Gasteiger partial charge in [0, 0.05) is 25.1 Å². The van der Waals surface area contributed by atoms with Gasteiger partial charge in [-0.3, -0.25) is 4.98 Å². The van der Waals surface area contributed by atoms with Crippen LogP contribution in [0.5, 0.6) is 0 Å². The van der Waals surface area contributed by atoms with Gasteiger partial charge in [0.05, 0.1) is 21.8 Å². The highest BCUT2D eigenvalue weighted by molar-refractivity contribution is 6.73. The highest BCUT2D eigenvalue weighted by Gasteiger charge is 2.42. The van der Waals surface area contributed by atoms with Crippen molar-refractivity contribution in [3.63, 3.8) is 0 Å². The van der Waals surface area contributed by atoms with Crippen LogP contribution in [0.4, 0.5) is 0 Å². The van der Waals surface area contributed by atoms with E-state index in [0.717, 1.165) is 43.0 Å².